The van der Waals surface area contributed by atoms with Crippen molar-refractivity contribution in [1.29, 1.82) is 0 Å². The molecule has 3 heterocycles. The van der Waals surface area contributed by atoms with Gasteiger partial charge in [-0.15, -0.1) is 0 Å². The molecule has 2 saturated heterocycles. The van der Waals surface area contributed by atoms with E-state index in [9.17, 15) is 4.79 Å². The minimum Gasteiger partial charge on any atom is -0.384 e. The lowest BCUT2D eigenvalue weighted by molar-refractivity contribution is -0.142. The van der Waals surface area contributed by atoms with Crippen LogP contribution in [0.15, 0.2) is 18.6 Å². The molecule has 0 radical (unpaired) electrons. The zero-order chi connectivity index (χ0) is 14.7. The summed E-state index contributed by atoms with van der Waals surface area (Å²) in [6.07, 6.45) is 7.75. The average Bonchev–Trinajstić information content (AvgIpc) is 2.54. The van der Waals surface area contributed by atoms with Crippen LogP contribution in [0.4, 0.5) is 0 Å². The van der Waals surface area contributed by atoms with E-state index in [0.29, 0.717) is 25.4 Å². The van der Waals surface area contributed by atoms with Gasteiger partial charge in [0.2, 0.25) is 0 Å². The van der Waals surface area contributed by atoms with Gasteiger partial charge >= 0.3 is 0 Å². The number of amides is 1. The van der Waals surface area contributed by atoms with Crippen LogP contribution in [0.5, 0.6) is 0 Å². The molecule has 0 saturated carbocycles. The Labute approximate surface area is 124 Å². The predicted molar refractivity (Wildman–Crippen MR) is 75.8 cm³/mol. The zero-order valence-corrected chi connectivity index (χ0v) is 12.3. The number of carbonyl (C=O) groups is 1. The van der Waals surface area contributed by atoms with Crippen LogP contribution in [0.1, 0.15) is 29.8 Å². The highest BCUT2D eigenvalue weighted by molar-refractivity contribution is 5.92. The van der Waals surface area contributed by atoms with Gasteiger partial charge in [0.1, 0.15) is 5.69 Å². The molecule has 114 valence electrons. The number of nitrogens with zero attached hydrogens (tertiary/aromatic N) is 3. The van der Waals surface area contributed by atoms with Gasteiger partial charge in [-0.1, -0.05) is 0 Å². The Morgan fingerprint density at radius 3 is 3.24 bits per heavy atom. The lowest BCUT2D eigenvalue weighted by Crippen LogP contribution is -2.58. The summed E-state index contributed by atoms with van der Waals surface area (Å²) in [7, 11) is 1.71. The first-order chi connectivity index (χ1) is 10.2. The van der Waals surface area contributed by atoms with E-state index >= 15 is 0 Å². The van der Waals surface area contributed by atoms with E-state index in [1.165, 1.54) is 6.20 Å². The molecule has 6 heteroatoms. The van der Waals surface area contributed by atoms with E-state index in [1.807, 2.05) is 4.90 Å². The summed E-state index contributed by atoms with van der Waals surface area (Å²) in [6.45, 7) is 2.81. The fourth-order valence-corrected chi connectivity index (χ4v) is 3.53. The Bertz CT molecular complexity index is 492. The summed E-state index contributed by atoms with van der Waals surface area (Å²) in [5, 5.41) is 0. The van der Waals surface area contributed by atoms with Gasteiger partial charge in [-0.2, -0.15) is 0 Å². The highest BCUT2D eigenvalue weighted by Gasteiger charge is 2.47. The number of piperidine rings is 1. The molecule has 1 amide bonds. The normalized spacial score (nSPS) is 29.0. The fraction of sp³-hybridized carbons (Fsp3) is 0.667. The molecule has 1 aromatic rings. The number of likely N-dealkylation sites (tertiary alicyclic amines) is 1. The molecule has 2 atom stereocenters. The lowest BCUT2D eigenvalue weighted by Gasteiger charge is -2.50. The summed E-state index contributed by atoms with van der Waals surface area (Å²) in [6, 6.07) is 0. The van der Waals surface area contributed by atoms with Gasteiger partial charge in [0.05, 0.1) is 18.9 Å². The zero-order valence-electron chi connectivity index (χ0n) is 12.3. The standard InChI is InChI=1S/C15H21N3O3/c1-20-11-15-4-2-8-21-13(15)3-7-18(10-15)14(19)12-9-16-5-6-17-12/h5-6,9,13H,2-4,7-8,10-11H2,1H3/t13-,15-/m0/s1. The minimum atomic E-state index is -0.0802. The second-order valence-corrected chi connectivity index (χ2v) is 5.86. The highest BCUT2D eigenvalue weighted by Crippen LogP contribution is 2.40. The van der Waals surface area contributed by atoms with Crippen molar-refractivity contribution < 1.29 is 14.3 Å². The molecule has 0 spiro atoms. The van der Waals surface area contributed by atoms with E-state index in [2.05, 4.69) is 9.97 Å². The van der Waals surface area contributed by atoms with Crippen LogP contribution in [0.25, 0.3) is 0 Å². The van der Waals surface area contributed by atoms with Crippen molar-refractivity contribution in [1.82, 2.24) is 14.9 Å². The number of fused-ring (bicyclic) bond motifs is 1. The summed E-state index contributed by atoms with van der Waals surface area (Å²) >= 11 is 0. The molecule has 6 nitrogen and oxygen atoms in total. The average molecular weight is 291 g/mol. The van der Waals surface area contributed by atoms with Crippen molar-refractivity contribution in [2.24, 2.45) is 5.41 Å². The largest absolute Gasteiger partial charge is 0.384 e. The van der Waals surface area contributed by atoms with Crippen molar-refractivity contribution in [2.75, 3.05) is 33.4 Å². The first-order valence-electron chi connectivity index (χ1n) is 7.41. The van der Waals surface area contributed by atoms with Crippen LogP contribution in [0, 0.1) is 5.41 Å². The Kier molecular flexibility index (Phi) is 4.17. The lowest BCUT2D eigenvalue weighted by atomic mass is 9.73. The topological polar surface area (TPSA) is 64.6 Å². The quantitative estimate of drug-likeness (QED) is 0.835. The van der Waals surface area contributed by atoms with Crippen LogP contribution in [-0.4, -0.2) is 60.3 Å². The third-order valence-corrected chi connectivity index (χ3v) is 4.49. The maximum absolute atomic E-state index is 12.6. The molecule has 21 heavy (non-hydrogen) atoms. The summed E-state index contributed by atoms with van der Waals surface area (Å²) in [5.74, 6) is -0.0531. The predicted octanol–water partition coefficient (Wildman–Crippen LogP) is 1.13. The van der Waals surface area contributed by atoms with Crippen LogP contribution < -0.4 is 0 Å². The molecule has 2 aliphatic rings. The Morgan fingerprint density at radius 1 is 1.57 bits per heavy atom. The van der Waals surface area contributed by atoms with Gasteiger partial charge in [0, 0.05) is 44.6 Å². The second kappa shape index (κ2) is 6.07. The van der Waals surface area contributed by atoms with Gasteiger partial charge in [0.25, 0.3) is 5.91 Å². The van der Waals surface area contributed by atoms with Gasteiger partial charge in [-0.25, -0.2) is 4.98 Å². The van der Waals surface area contributed by atoms with Crippen molar-refractivity contribution in [3.8, 4) is 0 Å². The molecule has 0 aliphatic carbocycles. The Hall–Kier alpha value is -1.53. The van der Waals surface area contributed by atoms with Gasteiger partial charge < -0.3 is 14.4 Å². The molecular formula is C15H21N3O3. The first-order valence-corrected chi connectivity index (χ1v) is 7.41. The number of hydrogen-bond donors (Lipinski definition) is 0. The van der Waals surface area contributed by atoms with E-state index in [1.54, 1.807) is 19.5 Å². The number of aromatic nitrogens is 2. The van der Waals surface area contributed by atoms with Crippen molar-refractivity contribution in [3.63, 3.8) is 0 Å². The van der Waals surface area contributed by atoms with E-state index in [-0.39, 0.29) is 17.4 Å². The summed E-state index contributed by atoms with van der Waals surface area (Å²) in [4.78, 5) is 22.5. The number of methoxy groups -OCH3 is 1. The molecule has 3 rings (SSSR count). The minimum absolute atomic E-state index is 0.0531. The van der Waals surface area contributed by atoms with Gasteiger partial charge in [-0.3, -0.25) is 9.78 Å². The molecule has 0 bridgehead atoms. The van der Waals surface area contributed by atoms with E-state index < -0.39 is 0 Å². The molecule has 1 aromatic heterocycles. The molecule has 2 fully saturated rings. The number of rotatable bonds is 3. The summed E-state index contributed by atoms with van der Waals surface area (Å²) in [5.41, 5.74) is 0.323. The third kappa shape index (κ3) is 2.78. The van der Waals surface area contributed by atoms with Gasteiger partial charge in [0.15, 0.2) is 0 Å². The number of carbonyl (C=O) groups excluding carboxylic acids is 1. The second-order valence-electron chi connectivity index (χ2n) is 5.86. The molecule has 0 unspecified atom stereocenters. The van der Waals surface area contributed by atoms with E-state index in [0.717, 1.165) is 25.9 Å². The molecule has 0 aromatic carbocycles. The van der Waals surface area contributed by atoms with Crippen LogP contribution in [-0.2, 0) is 9.47 Å². The molecule has 2 aliphatic heterocycles. The monoisotopic (exact) mass is 291 g/mol. The smallest absolute Gasteiger partial charge is 0.274 e. The Morgan fingerprint density at radius 2 is 2.48 bits per heavy atom. The maximum atomic E-state index is 12.6. The van der Waals surface area contributed by atoms with Crippen LogP contribution in [0.2, 0.25) is 0 Å². The van der Waals surface area contributed by atoms with Crippen LogP contribution in [0.3, 0.4) is 0 Å². The Balaban J connectivity index is 1.78. The van der Waals surface area contributed by atoms with Gasteiger partial charge in [-0.05, 0) is 19.3 Å². The maximum Gasteiger partial charge on any atom is 0.274 e. The molecule has 0 N–H and O–H groups in total. The van der Waals surface area contributed by atoms with Crippen LogP contribution >= 0.6 is 0 Å². The summed E-state index contributed by atoms with van der Waals surface area (Å²) < 4.78 is 11.4. The number of ether oxygens (including phenoxy) is 2. The molecular weight excluding hydrogens is 270 g/mol. The van der Waals surface area contributed by atoms with Crippen molar-refractivity contribution in [3.05, 3.63) is 24.3 Å². The highest BCUT2D eigenvalue weighted by atomic mass is 16.5. The number of hydrogen-bond acceptors (Lipinski definition) is 5. The third-order valence-electron chi connectivity index (χ3n) is 4.49. The van der Waals surface area contributed by atoms with E-state index in [4.69, 9.17) is 9.47 Å². The SMILES string of the molecule is COC[C@@]12CCCO[C@H]1CCN(C(=O)c1cnccn1)C2. The van der Waals surface area contributed by atoms with Crippen molar-refractivity contribution in [2.45, 2.75) is 25.4 Å². The first kappa shape index (κ1) is 14.4. The fourth-order valence-electron chi connectivity index (χ4n) is 3.53. The van der Waals surface area contributed by atoms with Crippen molar-refractivity contribution >= 4 is 5.91 Å².